The van der Waals surface area contributed by atoms with Crippen LogP contribution in [0.5, 0.6) is 0 Å². The van der Waals surface area contributed by atoms with Gasteiger partial charge in [0, 0.05) is 19.2 Å². The summed E-state index contributed by atoms with van der Waals surface area (Å²) < 4.78 is 4.99. The summed E-state index contributed by atoms with van der Waals surface area (Å²) >= 11 is 0. The minimum atomic E-state index is 0.0665. The van der Waals surface area contributed by atoms with Gasteiger partial charge in [0.2, 0.25) is 5.91 Å². The van der Waals surface area contributed by atoms with Crippen molar-refractivity contribution in [3.05, 3.63) is 0 Å². The third-order valence-electron chi connectivity index (χ3n) is 3.63. The van der Waals surface area contributed by atoms with Gasteiger partial charge in [0.1, 0.15) is 0 Å². The maximum Gasteiger partial charge on any atom is 0.234 e. The van der Waals surface area contributed by atoms with Crippen molar-refractivity contribution in [2.75, 3.05) is 20.3 Å². The first-order chi connectivity index (χ1) is 8.61. The lowest BCUT2D eigenvalue weighted by molar-refractivity contribution is -0.121. The van der Waals surface area contributed by atoms with Gasteiger partial charge in [0.05, 0.1) is 13.2 Å². The van der Waals surface area contributed by atoms with Crippen molar-refractivity contribution in [3.8, 4) is 0 Å². The van der Waals surface area contributed by atoms with Crippen molar-refractivity contribution in [3.63, 3.8) is 0 Å². The van der Waals surface area contributed by atoms with Gasteiger partial charge >= 0.3 is 0 Å². The zero-order chi connectivity index (χ0) is 13.4. The van der Waals surface area contributed by atoms with E-state index in [1.807, 2.05) is 6.92 Å². The molecule has 3 atom stereocenters. The molecule has 0 heterocycles. The Balaban J connectivity index is 2.17. The molecule has 0 aliphatic heterocycles. The number of amides is 1. The molecule has 106 valence electrons. The van der Waals surface area contributed by atoms with E-state index in [1.165, 1.54) is 32.1 Å². The number of nitrogens with one attached hydrogen (secondary N) is 2. The van der Waals surface area contributed by atoms with Gasteiger partial charge in [-0.15, -0.1) is 0 Å². The molecule has 1 aliphatic rings. The summed E-state index contributed by atoms with van der Waals surface area (Å²) in [7, 11) is 1.65. The van der Waals surface area contributed by atoms with Gasteiger partial charge in [-0.05, 0) is 32.1 Å². The zero-order valence-electron chi connectivity index (χ0n) is 12.0. The summed E-state index contributed by atoms with van der Waals surface area (Å²) in [6.07, 6.45) is 6.28. The van der Waals surface area contributed by atoms with Gasteiger partial charge in [-0.1, -0.05) is 19.8 Å². The van der Waals surface area contributed by atoms with E-state index >= 15 is 0 Å². The first kappa shape index (κ1) is 15.4. The van der Waals surface area contributed by atoms with E-state index < -0.39 is 0 Å². The number of carbonyl (C=O) groups excluding carboxylic acids is 1. The Bertz CT molecular complexity index is 246. The van der Waals surface area contributed by atoms with E-state index in [1.54, 1.807) is 7.11 Å². The molecule has 0 saturated heterocycles. The molecule has 1 fully saturated rings. The molecule has 0 aromatic heterocycles. The van der Waals surface area contributed by atoms with Crippen LogP contribution in [-0.2, 0) is 9.53 Å². The highest BCUT2D eigenvalue weighted by molar-refractivity contribution is 5.78. The first-order valence-corrected chi connectivity index (χ1v) is 7.13. The number of methoxy groups -OCH3 is 1. The van der Waals surface area contributed by atoms with E-state index in [9.17, 15) is 4.79 Å². The Hall–Kier alpha value is -0.610. The second kappa shape index (κ2) is 8.48. The summed E-state index contributed by atoms with van der Waals surface area (Å²) in [5, 5.41) is 6.29. The first-order valence-electron chi connectivity index (χ1n) is 7.13. The van der Waals surface area contributed by atoms with Crippen LogP contribution in [-0.4, -0.2) is 38.3 Å². The SMILES string of the molecule is COCC(C)NC(=O)CNC1CCCC(C)CC1. The fourth-order valence-corrected chi connectivity index (χ4v) is 2.55. The maximum atomic E-state index is 11.7. The predicted molar refractivity (Wildman–Crippen MR) is 73.5 cm³/mol. The molecule has 1 saturated carbocycles. The second-order valence-electron chi connectivity index (χ2n) is 5.62. The average molecular weight is 256 g/mol. The molecule has 0 aromatic carbocycles. The third kappa shape index (κ3) is 6.36. The lowest BCUT2D eigenvalue weighted by Crippen LogP contribution is -2.43. The molecule has 4 nitrogen and oxygen atoms in total. The lowest BCUT2D eigenvalue weighted by Gasteiger charge is -2.18. The molecule has 0 radical (unpaired) electrons. The Morgan fingerprint density at radius 1 is 1.33 bits per heavy atom. The monoisotopic (exact) mass is 256 g/mol. The Kier molecular flexibility index (Phi) is 7.28. The average Bonchev–Trinajstić information content (AvgIpc) is 2.52. The molecule has 18 heavy (non-hydrogen) atoms. The van der Waals surface area contributed by atoms with Crippen LogP contribution in [0.15, 0.2) is 0 Å². The summed E-state index contributed by atoms with van der Waals surface area (Å²) in [5.74, 6) is 0.907. The van der Waals surface area contributed by atoms with E-state index in [-0.39, 0.29) is 11.9 Å². The molecule has 3 unspecified atom stereocenters. The van der Waals surface area contributed by atoms with Gasteiger partial charge in [-0.25, -0.2) is 0 Å². The van der Waals surface area contributed by atoms with E-state index in [0.29, 0.717) is 19.2 Å². The van der Waals surface area contributed by atoms with Crippen LogP contribution < -0.4 is 10.6 Å². The van der Waals surface area contributed by atoms with Crippen molar-refractivity contribution in [1.29, 1.82) is 0 Å². The van der Waals surface area contributed by atoms with E-state index in [2.05, 4.69) is 17.6 Å². The third-order valence-corrected chi connectivity index (χ3v) is 3.63. The smallest absolute Gasteiger partial charge is 0.234 e. The minimum absolute atomic E-state index is 0.0665. The predicted octanol–water partition coefficient (Wildman–Crippen LogP) is 1.70. The highest BCUT2D eigenvalue weighted by Crippen LogP contribution is 2.22. The van der Waals surface area contributed by atoms with E-state index in [0.717, 1.165) is 5.92 Å². The molecular weight excluding hydrogens is 228 g/mol. The molecule has 2 N–H and O–H groups in total. The summed E-state index contributed by atoms with van der Waals surface area (Å²) in [5.41, 5.74) is 0. The standard InChI is InChI=1S/C14H28N2O2/c1-11-5-4-6-13(8-7-11)15-9-14(17)16-12(2)10-18-3/h11-13,15H,4-10H2,1-3H3,(H,16,17). The molecule has 1 rings (SSSR count). The van der Waals surface area contributed by atoms with Crippen molar-refractivity contribution >= 4 is 5.91 Å². The van der Waals surface area contributed by atoms with Gasteiger partial charge in [0.15, 0.2) is 0 Å². The van der Waals surface area contributed by atoms with Crippen molar-refractivity contribution in [2.45, 2.75) is 58.0 Å². The van der Waals surface area contributed by atoms with Crippen LogP contribution in [0.3, 0.4) is 0 Å². The van der Waals surface area contributed by atoms with Crippen LogP contribution in [0.1, 0.15) is 46.0 Å². The maximum absolute atomic E-state index is 11.7. The normalized spacial score (nSPS) is 26.4. The fraction of sp³-hybridized carbons (Fsp3) is 0.929. The van der Waals surface area contributed by atoms with Gasteiger partial charge in [-0.2, -0.15) is 0 Å². The van der Waals surface area contributed by atoms with Crippen molar-refractivity contribution in [2.24, 2.45) is 5.92 Å². The fourth-order valence-electron chi connectivity index (χ4n) is 2.55. The van der Waals surface area contributed by atoms with Gasteiger partial charge in [-0.3, -0.25) is 4.79 Å². The minimum Gasteiger partial charge on any atom is -0.383 e. The van der Waals surface area contributed by atoms with Gasteiger partial charge < -0.3 is 15.4 Å². The second-order valence-corrected chi connectivity index (χ2v) is 5.62. The van der Waals surface area contributed by atoms with E-state index in [4.69, 9.17) is 4.74 Å². The largest absolute Gasteiger partial charge is 0.383 e. The topological polar surface area (TPSA) is 50.4 Å². The molecule has 0 bridgehead atoms. The number of carbonyl (C=O) groups is 1. The Morgan fingerprint density at radius 2 is 2.11 bits per heavy atom. The van der Waals surface area contributed by atoms with Crippen LogP contribution >= 0.6 is 0 Å². The molecule has 0 aromatic rings. The molecule has 1 aliphatic carbocycles. The van der Waals surface area contributed by atoms with Crippen LogP contribution in [0.25, 0.3) is 0 Å². The van der Waals surface area contributed by atoms with Crippen molar-refractivity contribution < 1.29 is 9.53 Å². The van der Waals surface area contributed by atoms with Crippen molar-refractivity contribution in [1.82, 2.24) is 10.6 Å². The Morgan fingerprint density at radius 3 is 2.83 bits per heavy atom. The van der Waals surface area contributed by atoms with Crippen LogP contribution in [0.2, 0.25) is 0 Å². The Labute approximate surface area is 111 Å². The quantitative estimate of drug-likeness (QED) is 0.711. The van der Waals surface area contributed by atoms with Gasteiger partial charge in [0.25, 0.3) is 0 Å². The highest BCUT2D eigenvalue weighted by atomic mass is 16.5. The number of ether oxygens (including phenoxy) is 1. The highest BCUT2D eigenvalue weighted by Gasteiger charge is 2.16. The summed E-state index contributed by atoms with van der Waals surface area (Å²) in [4.78, 5) is 11.7. The summed E-state index contributed by atoms with van der Waals surface area (Å²) in [6.45, 7) is 5.26. The summed E-state index contributed by atoms with van der Waals surface area (Å²) in [6, 6.07) is 0.594. The molecule has 1 amide bonds. The molecular formula is C14H28N2O2. The number of rotatable bonds is 6. The molecule has 0 spiro atoms. The zero-order valence-corrected chi connectivity index (χ0v) is 12.0. The van der Waals surface area contributed by atoms with Crippen LogP contribution in [0.4, 0.5) is 0 Å². The number of hydrogen-bond acceptors (Lipinski definition) is 3. The van der Waals surface area contributed by atoms with Crippen LogP contribution in [0, 0.1) is 5.92 Å². The lowest BCUT2D eigenvalue weighted by atomic mass is 10.0. The number of hydrogen-bond donors (Lipinski definition) is 2. The molecule has 4 heteroatoms.